The van der Waals surface area contributed by atoms with Crippen LogP contribution in [0.1, 0.15) is 26.9 Å². The van der Waals surface area contributed by atoms with Crippen LogP contribution in [0.5, 0.6) is 5.75 Å². The van der Waals surface area contributed by atoms with E-state index < -0.39 is 0 Å². The van der Waals surface area contributed by atoms with Crippen molar-refractivity contribution in [3.8, 4) is 5.75 Å². The Hall–Kier alpha value is -2.15. The van der Waals surface area contributed by atoms with Gasteiger partial charge in [-0.05, 0) is 29.0 Å². The number of carbonyl (C=O) groups is 1. The van der Waals surface area contributed by atoms with Crippen LogP contribution in [0, 0.1) is 0 Å². The second-order valence-electron chi connectivity index (χ2n) is 6.67. The standard InChI is InChI=1S/C21H22N2O2S2/c1-25-17-6-3-2-5-15(17)13-22-20(24)14-23-10-8-18-16(9-12-27-18)21(23)19-7-4-11-26-19/h2-7,9,11-12,21H,8,10,13-14H2,1H3,(H,22,24)/p+1/t21-/m0/s1. The summed E-state index contributed by atoms with van der Waals surface area (Å²) in [4.78, 5) is 16.8. The molecular weight excluding hydrogens is 376 g/mol. The summed E-state index contributed by atoms with van der Waals surface area (Å²) >= 11 is 3.61. The van der Waals surface area contributed by atoms with Gasteiger partial charge < -0.3 is 15.0 Å². The fraction of sp³-hybridized carbons (Fsp3) is 0.286. The lowest BCUT2D eigenvalue weighted by molar-refractivity contribution is -0.919. The molecule has 1 unspecified atom stereocenters. The van der Waals surface area contributed by atoms with Crippen molar-refractivity contribution in [3.63, 3.8) is 0 Å². The molecule has 1 aliphatic heterocycles. The second kappa shape index (κ2) is 8.25. The molecule has 1 amide bonds. The van der Waals surface area contributed by atoms with Gasteiger partial charge >= 0.3 is 0 Å². The summed E-state index contributed by atoms with van der Waals surface area (Å²) in [6, 6.07) is 14.6. The van der Waals surface area contributed by atoms with Gasteiger partial charge in [0.2, 0.25) is 0 Å². The fourth-order valence-electron chi connectivity index (χ4n) is 3.76. The molecule has 0 radical (unpaired) electrons. The van der Waals surface area contributed by atoms with E-state index in [1.807, 2.05) is 35.6 Å². The average molecular weight is 400 g/mol. The second-order valence-corrected chi connectivity index (χ2v) is 8.65. The number of quaternary nitrogens is 1. The summed E-state index contributed by atoms with van der Waals surface area (Å²) < 4.78 is 5.37. The highest BCUT2D eigenvalue weighted by molar-refractivity contribution is 7.10. The van der Waals surface area contributed by atoms with Crippen molar-refractivity contribution in [2.24, 2.45) is 0 Å². The third-order valence-electron chi connectivity index (χ3n) is 5.06. The molecule has 0 saturated heterocycles. The number of fused-ring (bicyclic) bond motifs is 1. The van der Waals surface area contributed by atoms with Gasteiger partial charge in [-0.25, -0.2) is 0 Å². The maximum absolute atomic E-state index is 12.7. The molecule has 4 nitrogen and oxygen atoms in total. The number of rotatable bonds is 6. The van der Waals surface area contributed by atoms with Crippen LogP contribution >= 0.6 is 22.7 Å². The first-order valence-corrected chi connectivity index (χ1v) is 10.8. The summed E-state index contributed by atoms with van der Waals surface area (Å²) in [7, 11) is 1.66. The number of para-hydroxylation sites is 1. The molecule has 6 heteroatoms. The van der Waals surface area contributed by atoms with E-state index in [1.165, 1.54) is 20.2 Å². The summed E-state index contributed by atoms with van der Waals surface area (Å²) in [6.07, 6.45) is 1.05. The Morgan fingerprint density at radius 3 is 2.89 bits per heavy atom. The van der Waals surface area contributed by atoms with Gasteiger partial charge in [-0.3, -0.25) is 4.79 Å². The van der Waals surface area contributed by atoms with E-state index in [-0.39, 0.29) is 11.9 Å². The van der Waals surface area contributed by atoms with Gasteiger partial charge in [0.05, 0.1) is 18.5 Å². The third-order valence-corrected chi connectivity index (χ3v) is 6.99. The number of hydrogen-bond donors (Lipinski definition) is 2. The quantitative estimate of drug-likeness (QED) is 0.669. The third kappa shape index (κ3) is 3.93. The summed E-state index contributed by atoms with van der Waals surface area (Å²) in [5.41, 5.74) is 2.39. The van der Waals surface area contributed by atoms with E-state index in [2.05, 4.69) is 34.3 Å². The van der Waals surface area contributed by atoms with Crippen molar-refractivity contribution < 1.29 is 14.4 Å². The van der Waals surface area contributed by atoms with Crippen LogP contribution in [0.2, 0.25) is 0 Å². The maximum Gasteiger partial charge on any atom is 0.275 e. The number of hydrogen-bond acceptors (Lipinski definition) is 4. The lowest BCUT2D eigenvalue weighted by Gasteiger charge is -2.31. The molecule has 0 fully saturated rings. The van der Waals surface area contributed by atoms with Gasteiger partial charge in [0, 0.05) is 29.0 Å². The van der Waals surface area contributed by atoms with E-state index >= 15 is 0 Å². The Balaban J connectivity index is 1.46. The molecule has 0 bridgehead atoms. The Bertz CT molecular complexity index is 905. The van der Waals surface area contributed by atoms with Crippen molar-refractivity contribution in [1.82, 2.24) is 5.32 Å². The zero-order valence-corrected chi connectivity index (χ0v) is 16.9. The summed E-state index contributed by atoms with van der Waals surface area (Å²) in [5, 5.41) is 7.37. The van der Waals surface area contributed by atoms with Gasteiger partial charge in [-0.15, -0.1) is 22.7 Å². The van der Waals surface area contributed by atoms with E-state index in [0.29, 0.717) is 13.1 Å². The van der Waals surface area contributed by atoms with Gasteiger partial charge in [-0.1, -0.05) is 24.3 Å². The smallest absolute Gasteiger partial charge is 0.275 e. The molecule has 1 aromatic carbocycles. The number of nitrogens with one attached hydrogen (secondary N) is 2. The first-order chi connectivity index (χ1) is 13.3. The molecule has 140 valence electrons. The van der Waals surface area contributed by atoms with Crippen molar-refractivity contribution in [1.29, 1.82) is 0 Å². The number of amides is 1. The molecule has 2 aromatic heterocycles. The lowest BCUT2D eigenvalue weighted by Crippen LogP contribution is -3.14. The summed E-state index contributed by atoms with van der Waals surface area (Å²) in [6.45, 7) is 1.95. The molecule has 4 rings (SSSR count). The molecule has 0 aliphatic carbocycles. The van der Waals surface area contributed by atoms with E-state index in [4.69, 9.17) is 4.74 Å². The van der Waals surface area contributed by atoms with Crippen molar-refractivity contribution in [2.75, 3.05) is 20.2 Å². The number of benzene rings is 1. The van der Waals surface area contributed by atoms with E-state index in [9.17, 15) is 4.79 Å². The van der Waals surface area contributed by atoms with Crippen LogP contribution in [0.4, 0.5) is 0 Å². The average Bonchev–Trinajstić information content (AvgIpc) is 3.38. The van der Waals surface area contributed by atoms with Gasteiger partial charge in [0.1, 0.15) is 11.8 Å². The maximum atomic E-state index is 12.7. The number of ether oxygens (including phenoxy) is 1. The number of thiophene rings is 2. The zero-order chi connectivity index (χ0) is 18.6. The molecule has 0 saturated carbocycles. The molecule has 3 aromatic rings. The Morgan fingerprint density at radius 1 is 1.19 bits per heavy atom. The highest BCUT2D eigenvalue weighted by Gasteiger charge is 2.35. The van der Waals surface area contributed by atoms with E-state index in [0.717, 1.165) is 24.3 Å². The molecule has 3 heterocycles. The predicted molar refractivity (Wildman–Crippen MR) is 110 cm³/mol. The molecule has 0 spiro atoms. The van der Waals surface area contributed by atoms with Gasteiger partial charge in [0.25, 0.3) is 5.91 Å². The highest BCUT2D eigenvalue weighted by Crippen LogP contribution is 2.31. The van der Waals surface area contributed by atoms with Crippen LogP contribution in [-0.2, 0) is 17.8 Å². The van der Waals surface area contributed by atoms with Crippen LogP contribution in [0.25, 0.3) is 0 Å². The lowest BCUT2D eigenvalue weighted by atomic mass is 9.98. The van der Waals surface area contributed by atoms with Crippen molar-refractivity contribution in [3.05, 3.63) is 74.1 Å². The van der Waals surface area contributed by atoms with Crippen LogP contribution in [0.3, 0.4) is 0 Å². The van der Waals surface area contributed by atoms with Crippen molar-refractivity contribution in [2.45, 2.75) is 19.0 Å². The predicted octanol–water partition coefficient (Wildman–Crippen LogP) is 2.67. The molecule has 1 aliphatic rings. The van der Waals surface area contributed by atoms with Crippen molar-refractivity contribution >= 4 is 28.6 Å². The van der Waals surface area contributed by atoms with Gasteiger partial charge in [-0.2, -0.15) is 0 Å². The molecule has 2 atom stereocenters. The van der Waals surface area contributed by atoms with Gasteiger partial charge in [0.15, 0.2) is 6.54 Å². The minimum atomic E-state index is 0.0798. The number of methoxy groups -OCH3 is 1. The Kier molecular flexibility index (Phi) is 5.57. The largest absolute Gasteiger partial charge is 0.496 e. The molecule has 2 N–H and O–H groups in total. The normalized spacial score (nSPS) is 18.7. The van der Waals surface area contributed by atoms with Crippen LogP contribution in [0.15, 0.2) is 53.2 Å². The van der Waals surface area contributed by atoms with E-state index in [1.54, 1.807) is 18.4 Å². The highest BCUT2D eigenvalue weighted by atomic mass is 32.1. The Morgan fingerprint density at radius 2 is 2.07 bits per heavy atom. The Labute approximate surface area is 167 Å². The fourth-order valence-corrected chi connectivity index (χ4v) is 5.58. The van der Waals surface area contributed by atoms with Crippen LogP contribution < -0.4 is 15.0 Å². The molecule has 27 heavy (non-hydrogen) atoms. The topological polar surface area (TPSA) is 42.8 Å². The SMILES string of the molecule is COc1ccccc1CNC(=O)C[NH+]1CCc2sccc2[C@H]1c1cccs1. The first-order valence-electron chi connectivity index (χ1n) is 9.09. The zero-order valence-electron chi connectivity index (χ0n) is 15.2. The van der Waals surface area contributed by atoms with Crippen LogP contribution in [-0.4, -0.2) is 26.1 Å². The summed E-state index contributed by atoms with van der Waals surface area (Å²) in [5.74, 6) is 0.888. The first kappa shape index (κ1) is 18.2. The molecular formula is C21H23N2O2S2+. The minimum Gasteiger partial charge on any atom is -0.496 e. The minimum absolute atomic E-state index is 0.0798. The number of carbonyl (C=O) groups excluding carboxylic acids is 1. The monoisotopic (exact) mass is 399 g/mol.